The fourth-order valence-corrected chi connectivity index (χ4v) is 6.25. The zero-order chi connectivity index (χ0) is 32.5. The van der Waals surface area contributed by atoms with Gasteiger partial charge >= 0.3 is 11.9 Å². The number of nitrogen functional groups attached to an aromatic ring is 1. The number of ether oxygens (including phenoxy) is 1. The number of aromatic nitrogens is 4. The van der Waals surface area contributed by atoms with Gasteiger partial charge < -0.3 is 29.6 Å². The number of anilines is 2. The summed E-state index contributed by atoms with van der Waals surface area (Å²) < 4.78 is 9.64. The van der Waals surface area contributed by atoms with Gasteiger partial charge in [0, 0.05) is 80.9 Å². The van der Waals surface area contributed by atoms with Crippen LogP contribution in [-0.2, 0) is 54.1 Å². The van der Waals surface area contributed by atoms with Crippen molar-refractivity contribution in [3.05, 3.63) is 47.0 Å². The van der Waals surface area contributed by atoms with Crippen molar-refractivity contribution in [1.29, 1.82) is 0 Å². The molecule has 3 N–H and O–H groups in total. The average molecular weight is 680 g/mol. The smallest absolute Gasteiger partial charge is 0.305 e. The molecule has 4 aromatic rings. The monoisotopic (exact) mass is 678 g/mol. The van der Waals surface area contributed by atoms with Gasteiger partial charge in [0.25, 0.3) is 0 Å². The minimum atomic E-state index is -0.810. The third-order valence-electron chi connectivity index (χ3n) is 8.08. The molecule has 2 aromatic heterocycles. The molecule has 45 heavy (non-hydrogen) atoms. The zero-order valence-corrected chi connectivity index (χ0v) is 28.1. The van der Waals surface area contributed by atoms with Crippen LogP contribution in [0.1, 0.15) is 48.5 Å². The summed E-state index contributed by atoms with van der Waals surface area (Å²) in [5, 5.41) is 8.94. The number of carboxylic acids is 1. The van der Waals surface area contributed by atoms with Crippen LogP contribution < -0.4 is 10.6 Å². The number of carbonyl (C=O) groups excluding carboxylic acids is 1. The standard InChI is InChI=1S/C32H41Cl3N6O4/c1-39-25-10-9-22(20-24(25)37-27(39)5-3-7-29(42)43)41(16-15-35)17-18-45-30(44)8-4-6-28-38-32-23(12-14-34)31(36)21(11-13-33)19-26(32)40(28)2/h9-10,19-20H,3-8,11-18,36H2,1-2H3,(H,42,43). The van der Waals surface area contributed by atoms with Crippen LogP contribution in [0, 0.1) is 0 Å². The lowest BCUT2D eigenvalue weighted by molar-refractivity contribution is -0.143. The van der Waals surface area contributed by atoms with Gasteiger partial charge in [0.05, 0.1) is 28.6 Å². The molecule has 0 radical (unpaired) electrons. The molecule has 0 saturated heterocycles. The molecule has 4 rings (SSSR count). The fraction of sp³-hybridized carbons (Fsp3) is 0.500. The summed E-state index contributed by atoms with van der Waals surface area (Å²) in [6.45, 7) is 1.30. The first-order valence-electron chi connectivity index (χ1n) is 15.2. The van der Waals surface area contributed by atoms with Gasteiger partial charge in [0.15, 0.2) is 0 Å². The number of nitrogens with zero attached hydrogens (tertiary/aromatic N) is 5. The maximum absolute atomic E-state index is 12.6. The number of imidazole rings is 2. The van der Waals surface area contributed by atoms with Crippen molar-refractivity contribution in [1.82, 2.24) is 19.1 Å². The lowest BCUT2D eigenvalue weighted by Gasteiger charge is -2.23. The number of aliphatic carboxylic acids is 1. The first kappa shape index (κ1) is 34.7. The Kier molecular flexibility index (Phi) is 12.6. The Bertz CT molecular complexity index is 1640. The highest BCUT2D eigenvalue weighted by molar-refractivity contribution is 6.18. The van der Waals surface area contributed by atoms with E-state index in [0.717, 1.165) is 50.5 Å². The van der Waals surface area contributed by atoms with Gasteiger partial charge in [-0.2, -0.15) is 0 Å². The molecule has 13 heteroatoms. The van der Waals surface area contributed by atoms with E-state index in [1.54, 1.807) is 0 Å². The summed E-state index contributed by atoms with van der Waals surface area (Å²) in [6.07, 6.45) is 4.01. The van der Waals surface area contributed by atoms with Crippen LogP contribution in [-0.4, -0.2) is 73.5 Å². The minimum absolute atomic E-state index is 0.109. The Morgan fingerprint density at radius 3 is 2.27 bits per heavy atom. The predicted octanol–water partition coefficient (Wildman–Crippen LogP) is 5.62. The molecule has 0 amide bonds. The molecule has 244 valence electrons. The fourth-order valence-electron chi connectivity index (χ4n) is 5.65. The molecule has 0 fully saturated rings. The van der Waals surface area contributed by atoms with Gasteiger partial charge in [-0.15, -0.1) is 34.8 Å². The van der Waals surface area contributed by atoms with Crippen molar-refractivity contribution in [2.75, 3.05) is 48.0 Å². The van der Waals surface area contributed by atoms with Crippen LogP contribution in [0.5, 0.6) is 0 Å². The zero-order valence-electron chi connectivity index (χ0n) is 25.8. The molecule has 0 saturated carbocycles. The number of fused-ring (bicyclic) bond motifs is 2. The van der Waals surface area contributed by atoms with Crippen LogP contribution in [0.15, 0.2) is 24.3 Å². The molecule has 0 aliphatic heterocycles. The van der Waals surface area contributed by atoms with Gasteiger partial charge in [-0.3, -0.25) is 9.59 Å². The third-order valence-corrected chi connectivity index (χ3v) is 8.63. The van der Waals surface area contributed by atoms with Gasteiger partial charge in [-0.05, 0) is 55.5 Å². The molecule has 0 aliphatic carbocycles. The quantitative estimate of drug-likeness (QED) is 0.0788. The van der Waals surface area contributed by atoms with Crippen LogP contribution in [0.4, 0.5) is 11.4 Å². The molecule has 0 atom stereocenters. The maximum atomic E-state index is 12.6. The average Bonchev–Trinajstić information content (AvgIpc) is 3.49. The molecule has 0 unspecified atom stereocenters. The van der Waals surface area contributed by atoms with E-state index < -0.39 is 5.97 Å². The molecule has 10 nitrogen and oxygen atoms in total. The summed E-state index contributed by atoms with van der Waals surface area (Å²) in [4.78, 5) is 35.2. The van der Waals surface area contributed by atoms with E-state index in [9.17, 15) is 9.59 Å². The first-order valence-corrected chi connectivity index (χ1v) is 16.8. The molecule has 0 spiro atoms. The van der Waals surface area contributed by atoms with E-state index in [2.05, 4.69) is 15.5 Å². The van der Waals surface area contributed by atoms with E-state index >= 15 is 0 Å². The summed E-state index contributed by atoms with van der Waals surface area (Å²) in [5.41, 5.74) is 13.7. The van der Waals surface area contributed by atoms with Crippen molar-refractivity contribution in [3.8, 4) is 0 Å². The number of carbonyl (C=O) groups is 2. The second-order valence-electron chi connectivity index (χ2n) is 11.0. The summed E-state index contributed by atoms with van der Waals surface area (Å²) >= 11 is 18.2. The van der Waals surface area contributed by atoms with Crippen molar-refractivity contribution in [3.63, 3.8) is 0 Å². The highest BCUT2D eigenvalue weighted by atomic mass is 35.5. The molecule has 2 heterocycles. The number of esters is 1. The van der Waals surface area contributed by atoms with Crippen LogP contribution in [0.25, 0.3) is 22.1 Å². The summed E-state index contributed by atoms with van der Waals surface area (Å²) in [7, 11) is 3.91. The Balaban J connectivity index is 1.33. The normalized spacial score (nSPS) is 11.5. The molecular formula is C32H41Cl3N6O4. The molecule has 0 aliphatic rings. The Morgan fingerprint density at radius 2 is 1.58 bits per heavy atom. The number of hydrogen-bond acceptors (Lipinski definition) is 7. The van der Waals surface area contributed by atoms with Crippen molar-refractivity contribution in [2.45, 2.75) is 51.4 Å². The second kappa shape index (κ2) is 16.4. The number of carboxylic acid groups (broad SMARTS) is 1. The van der Waals surface area contributed by atoms with Crippen molar-refractivity contribution >= 4 is 80.2 Å². The number of hydrogen-bond donors (Lipinski definition) is 2. The van der Waals surface area contributed by atoms with Gasteiger partial charge in [-0.25, -0.2) is 9.97 Å². The van der Waals surface area contributed by atoms with Gasteiger partial charge in [0.2, 0.25) is 0 Å². The van der Waals surface area contributed by atoms with E-state index in [1.807, 2.05) is 36.9 Å². The number of halogens is 3. The largest absolute Gasteiger partial charge is 0.481 e. The van der Waals surface area contributed by atoms with Crippen LogP contribution in [0.2, 0.25) is 0 Å². The predicted molar refractivity (Wildman–Crippen MR) is 182 cm³/mol. The van der Waals surface area contributed by atoms with Crippen molar-refractivity contribution < 1.29 is 19.4 Å². The van der Waals surface area contributed by atoms with E-state index in [1.165, 1.54) is 0 Å². The highest BCUT2D eigenvalue weighted by Gasteiger charge is 2.18. The molecule has 0 bridgehead atoms. The first-order chi connectivity index (χ1) is 21.7. The van der Waals surface area contributed by atoms with E-state index in [-0.39, 0.29) is 25.4 Å². The lowest BCUT2D eigenvalue weighted by Crippen LogP contribution is -2.30. The molecular weight excluding hydrogens is 639 g/mol. The third kappa shape index (κ3) is 8.54. The summed E-state index contributed by atoms with van der Waals surface area (Å²) in [5.74, 6) is 1.98. The van der Waals surface area contributed by atoms with E-state index in [4.69, 9.17) is 60.3 Å². The van der Waals surface area contributed by atoms with Gasteiger partial charge in [0.1, 0.15) is 18.3 Å². The van der Waals surface area contributed by atoms with Gasteiger partial charge in [-0.1, -0.05) is 0 Å². The lowest BCUT2D eigenvalue weighted by atomic mass is 10.0. The number of benzene rings is 2. The maximum Gasteiger partial charge on any atom is 0.305 e. The topological polar surface area (TPSA) is 128 Å². The van der Waals surface area contributed by atoms with Crippen LogP contribution >= 0.6 is 34.8 Å². The highest BCUT2D eigenvalue weighted by Crippen LogP contribution is 2.30. The number of nitrogens with two attached hydrogens (primary N) is 1. The second-order valence-corrected chi connectivity index (χ2v) is 12.2. The Hall–Kier alpha value is -3.21. The SMILES string of the molecule is Cn1c(CCCC(=O)O)nc2cc(N(CCCl)CCOC(=O)CCCc3nc4c(CCCl)c(N)c(CCCl)cc4n3C)ccc21. The van der Waals surface area contributed by atoms with Crippen molar-refractivity contribution in [2.24, 2.45) is 14.1 Å². The van der Waals surface area contributed by atoms with Crippen LogP contribution in [0.3, 0.4) is 0 Å². The Labute approximate surface area is 278 Å². The Morgan fingerprint density at radius 1 is 0.889 bits per heavy atom. The summed E-state index contributed by atoms with van der Waals surface area (Å²) in [6, 6.07) is 8.04. The number of rotatable bonds is 18. The minimum Gasteiger partial charge on any atom is -0.481 e. The van der Waals surface area contributed by atoms with E-state index in [0.29, 0.717) is 74.9 Å². The molecule has 2 aromatic carbocycles. The number of aryl methyl sites for hydroxylation is 6. The number of alkyl halides is 3.